The lowest BCUT2D eigenvalue weighted by Gasteiger charge is -2.31. The predicted molar refractivity (Wildman–Crippen MR) is 128 cm³/mol. The highest BCUT2D eigenvalue weighted by atomic mass is 16.3. The van der Waals surface area contributed by atoms with Crippen molar-refractivity contribution in [3.8, 4) is 11.5 Å². The van der Waals surface area contributed by atoms with Gasteiger partial charge in [-0.1, -0.05) is 31.2 Å². The Kier molecular flexibility index (Phi) is 7.38. The van der Waals surface area contributed by atoms with E-state index < -0.39 is 0 Å². The molecule has 0 spiro atoms. The molecule has 2 aromatic heterocycles. The van der Waals surface area contributed by atoms with Crippen LogP contribution >= 0.6 is 0 Å². The number of anilines is 1. The average Bonchev–Trinajstić information content (AvgIpc) is 3.31. The average molecular weight is 433 g/mol. The van der Waals surface area contributed by atoms with Crippen LogP contribution < -0.4 is 15.5 Å². The van der Waals surface area contributed by atoms with Gasteiger partial charge in [0, 0.05) is 31.4 Å². The molecule has 4 rings (SSSR count). The van der Waals surface area contributed by atoms with Gasteiger partial charge in [-0.3, -0.25) is 0 Å². The maximum Gasteiger partial charge on any atom is 0.226 e. The van der Waals surface area contributed by atoms with Crippen molar-refractivity contribution in [1.82, 2.24) is 20.6 Å². The molecular formula is C25H32N6O. The highest BCUT2D eigenvalue weighted by Crippen LogP contribution is 2.21. The first-order valence-electron chi connectivity index (χ1n) is 11.4. The number of aliphatic imine (C=N–C) groups is 1. The van der Waals surface area contributed by atoms with Crippen LogP contribution in [0.2, 0.25) is 0 Å². The van der Waals surface area contributed by atoms with Crippen LogP contribution in [0.1, 0.15) is 37.9 Å². The molecule has 1 aliphatic heterocycles. The molecule has 0 atom stereocenters. The molecule has 0 aliphatic carbocycles. The lowest BCUT2D eigenvalue weighted by Crippen LogP contribution is -2.36. The van der Waals surface area contributed by atoms with Crippen molar-refractivity contribution in [3.05, 3.63) is 66.2 Å². The molecule has 0 bridgehead atoms. The van der Waals surface area contributed by atoms with E-state index in [0.29, 0.717) is 19.0 Å². The first-order valence-corrected chi connectivity index (χ1v) is 11.4. The fourth-order valence-corrected chi connectivity index (χ4v) is 3.72. The SMILES string of the molecule is CCNC(=NCc1ccc(N2CCC(C)CC2)nc1)NCc1coc(-c2ccccc2)n1. The number of pyridine rings is 1. The lowest BCUT2D eigenvalue weighted by molar-refractivity contribution is 0.436. The standard InChI is InChI=1S/C25H32N6O/c1-3-26-25(29-17-22-18-32-24(30-22)21-7-5-4-6-8-21)28-16-20-9-10-23(27-15-20)31-13-11-19(2)12-14-31/h4-10,15,18-19H,3,11-14,16-17H2,1-2H3,(H2,26,28,29). The van der Waals surface area contributed by atoms with Gasteiger partial charge in [-0.15, -0.1) is 0 Å². The van der Waals surface area contributed by atoms with Gasteiger partial charge in [0.15, 0.2) is 5.96 Å². The van der Waals surface area contributed by atoms with E-state index in [2.05, 4.69) is 51.5 Å². The number of rotatable bonds is 7. The van der Waals surface area contributed by atoms with Crippen molar-refractivity contribution in [1.29, 1.82) is 0 Å². The fourth-order valence-electron chi connectivity index (χ4n) is 3.72. The van der Waals surface area contributed by atoms with Crippen molar-refractivity contribution in [2.75, 3.05) is 24.5 Å². The Labute approximate surface area is 190 Å². The van der Waals surface area contributed by atoms with Gasteiger partial charge >= 0.3 is 0 Å². The molecule has 7 nitrogen and oxygen atoms in total. The minimum atomic E-state index is 0.534. The van der Waals surface area contributed by atoms with E-state index in [1.54, 1.807) is 6.26 Å². The summed E-state index contributed by atoms with van der Waals surface area (Å²) in [6.07, 6.45) is 6.10. The summed E-state index contributed by atoms with van der Waals surface area (Å²) in [5.41, 5.74) is 2.88. The second kappa shape index (κ2) is 10.8. The van der Waals surface area contributed by atoms with Gasteiger partial charge < -0.3 is 20.0 Å². The Morgan fingerprint density at radius 2 is 1.94 bits per heavy atom. The van der Waals surface area contributed by atoms with Gasteiger partial charge in [-0.2, -0.15) is 0 Å². The normalized spacial score (nSPS) is 15.1. The van der Waals surface area contributed by atoms with Crippen molar-refractivity contribution in [3.63, 3.8) is 0 Å². The molecule has 0 unspecified atom stereocenters. The topological polar surface area (TPSA) is 78.6 Å². The number of oxazole rings is 1. The molecule has 1 aromatic carbocycles. The number of hydrogen-bond acceptors (Lipinski definition) is 5. The zero-order chi connectivity index (χ0) is 22.2. The van der Waals surface area contributed by atoms with Crippen LogP contribution in [-0.4, -0.2) is 35.6 Å². The molecule has 0 saturated carbocycles. The second-order valence-corrected chi connectivity index (χ2v) is 8.25. The summed E-state index contributed by atoms with van der Waals surface area (Å²) < 4.78 is 5.62. The first-order chi connectivity index (χ1) is 15.7. The monoisotopic (exact) mass is 432 g/mol. The number of aromatic nitrogens is 2. The maximum absolute atomic E-state index is 5.62. The third kappa shape index (κ3) is 5.87. The van der Waals surface area contributed by atoms with Gasteiger partial charge in [0.25, 0.3) is 0 Å². The van der Waals surface area contributed by atoms with Crippen molar-refractivity contribution in [2.24, 2.45) is 10.9 Å². The fraction of sp³-hybridized carbons (Fsp3) is 0.400. The molecule has 1 saturated heterocycles. The number of benzene rings is 1. The van der Waals surface area contributed by atoms with Crippen LogP contribution in [0.15, 0.2) is 64.3 Å². The van der Waals surface area contributed by atoms with Crippen LogP contribution in [0.4, 0.5) is 5.82 Å². The molecule has 32 heavy (non-hydrogen) atoms. The van der Waals surface area contributed by atoms with E-state index in [9.17, 15) is 0 Å². The Morgan fingerprint density at radius 3 is 2.66 bits per heavy atom. The Hall–Kier alpha value is -3.35. The summed E-state index contributed by atoms with van der Waals surface area (Å²) in [6.45, 7) is 8.44. The van der Waals surface area contributed by atoms with E-state index in [1.807, 2.05) is 36.5 Å². The zero-order valence-corrected chi connectivity index (χ0v) is 18.9. The molecule has 2 N–H and O–H groups in total. The van der Waals surface area contributed by atoms with Crippen LogP contribution in [-0.2, 0) is 13.1 Å². The Balaban J connectivity index is 1.32. The maximum atomic E-state index is 5.62. The van der Waals surface area contributed by atoms with Crippen LogP contribution in [0, 0.1) is 5.92 Å². The molecule has 0 amide bonds. The third-order valence-corrected chi connectivity index (χ3v) is 5.69. The molecule has 168 valence electrons. The smallest absolute Gasteiger partial charge is 0.226 e. The summed E-state index contributed by atoms with van der Waals surface area (Å²) in [7, 11) is 0. The lowest BCUT2D eigenvalue weighted by atomic mass is 9.99. The quantitative estimate of drug-likeness (QED) is 0.430. The molecule has 1 aliphatic rings. The summed E-state index contributed by atoms with van der Waals surface area (Å²) in [6, 6.07) is 14.1. The molecule has 0 radical (unpaired) electrons. The van der Waals surface area contributed by atoms with Gasteiger partial charge in [0.1, 0.15) is 12.1 Å². The van der Waals surface area contributed by atoms with E-state index in [4.69, 9.17) is 9.41 Å². The van der Waals surface area contributed by atoms with Crippen LogP contribution in [0.3, 0.4) is 0 Å². The van der Waals surface area contributed by atoms with E-state index in [-0.39, 0.29) is 0 Å². The number of guanidine groups is 1. The van der Waals surface area contributed by atoms with Gasteiger partial charge in [-0.25, -0.2) is 15.0 Å². The van der Waals surface area contributed by atoms with Gasteiger partial charge in [-0.05, 0) is 49.4 Å². The number of piperidine rings is 1. The number of nitrogens with one attached hydrogen (secondary N) is 2. The predicted octanol–water partition coefficient (Wildman–Crippen LogP) is 4.23. The van der Waals surface area contributed by atoms with Crippen LogP contribution in [0.5, 0.6) is 0 Å². The summed E-state index contributed by atoms with van der Waals surface area (Å²) >= 11 is 0. The number of nitrogens with zero attached hydrogens (tertiary/aromatic N) is 4. The van der Waals surface area contributed by atoms with E-state index in [0.717, 1.165) is 54.2 Å². The summed E-state index contributed by atoms with van der Waals surface area (Å²) in [5.74, 6) is 3.25. The van der Waals surface area contributed by atoms with Gasteiger partial charge in [0.05, 0.1) is 18.8 Å². The second-order valence-electron chi connectivity index (χ2n) is 8.25. The minimum absolute atomic E-state index is 0.534. The highest BCUT2D eigenvalue weighted by Gasteiger charge is 2.16. The third-order valence-electron chi connectivity index (χ3n) is 5.69. The molecule has 3 heterocycles. The zero-order valence-electron chi connectivity index (χ0n) is 18.9. The highest BCUT2D eigenvalue weighted by molar-refractivity contribution is 5.79. The summed E-state index contributed by atoms with van der Waals surface area (Å²) in [5, 5.41) is 6.61. The Morgan fingerprint density at radius 1 is 1.12 bits per heavy atom. The molecular weight excluding hydrogens is 400 g/mol. The van der Waals surface area contributed by atoms with Crippen molar-refractivity contribution >= 4 is 11.8 Å². The largest absolute Gasteiger partial charge is 0.444 e. The van der Waals surface area contributed by atoms with Crippen molar-refractivity contribution in [2.45, 2.75) is 39.8 Å². The van der Waals surface area contributed by atoms with Gasteiger partial charge in [0.2, 0.25) is 5.89 Å². The molecule has 1 fully saturated rings. The summed E-state index contributed by atoms with van der Waals surface area (Å²) in [4.78, 5) is 16.3. The van der Waals surface area contributed by atoms with E-state index in [1.165, 1.54) is 12.8 Å². The van der Waals surface area contributed by atoms with Crippen molar-refractivity contribution < 1.29 is 4.42 Å². The van der Waals surface area contributed by atoms with E-state index >= 15 is 0 Å². The molecule has 3 aromatic rings. The molecule has 7 heteroatoms. The first kappa shape index (κ1) is 21.9. The number of hydrogen-bond donors (Lipinski definition) is 2. The minimum Gasteiger partial charge on any atom is -0.444 e. The Bertz CT molecular complexity index is 991. The van der Waals surface area contributed by atoms with Crippen LogP contribution in [0.25, 0.3) is 11.5 Å².